The summed E-state index contributed by atoms with van der Waals surface area (Å²) in [5, 5.41) is 0.885. The second-order valence-corrected chi connectivity index (χ2v) is 5.22. The number of furan rings is 1. The van der Waals surface area contributed by atoms with Crippen LogP contribution in [0.3, 0.4) is 0 Å². The van der Waals surface area contributed by atoms with Gasteiger partial charge in [-0.2, -0.15) is 0 Å². The Balaban J connectivity index is 1.69. The first kappa shape index (κ1) is 13.7. The third-order valence-electron chi connectivity index (χ3n) is 3.81. The van der Waals surface area contributed by atoms with E-state index < -0.39 is 5.97 Å². The fraction of sp³-hybridized carbons (Fsp3) is 0.375. The molecule has 21 heavy (non-hydrogen) atoms. The average Bonchev–Trinajstić information content (AvgIpc) is 3.13. The lowest BCUT2D eigenvalue weighted by atomic mass is 10.1. The Kier molecular flexibility index (Phi) is 3.64. The molecule has 1 saturated heterocycles. The zero-order chi connectivity index (χ0) is 14.8. The van der Waals surface area contributed by atoms with Crippen LogP contribution in [-0.4, -0.2) is 36.5 Å². The predicted molar refractivity (Wildman–Crippen MR) is 77.0 cm³/mol. The van der Waals surface area contributed by atoms with Crippen molar-refractivity contribution >= 4 is 22.8 Å². The Hall–Kier alpha value is -2.30. The summed E-state index contributed by atoms with van der Waals surface area (Å²) >= 11 is 0. The number of fused-ring (bicyclic) bond motifs is 1. The maximum Gasteiger partial charge on any atom is 0.375 e. The summed E-state index contributed by atoms with van der Waals surface area (Å²) in [4.78, 5) is 25.6. The van der Waals surface area contributed by atoms with Crippen molar-refractivity contribution in [1.29, 1.82) is 0 Å². The van der Waals surface area contributed by atoms with E-state index in [1.54, 1.807) is 11.0 Å². The first-order valence-corrected chi connectivity index (χ1v) is 7.10. The van der Waals surface area contributed by atoms with Gasteiger partial charge in [0, 0.05) is 24.0 Å². The number of carbonyl (C=O) groups excluding carboxylic acids is 2. The van der Waals surface area contributed by atoms with Crippen molar-refractivity contribution in [2.45, 2.75) is 19.8 Å². The highest BCUT2D eigenvalue weighted by atomic mass is 16.5. The lowest BCUT2D eigenvalue weighted by molar-refractivity contribution is -0.133. The topological polar surface area (TPSA) is 59.8 Å². The molecule has 2 aromatic rings. The van der Waals surface area contributed by atoms with E-state index in [-0.39, 0.29) is 18.3 Å². The van der Waals surface area contributed by atoms with E-state index in [0.29, 0.717) is 5.58 Å². The van der Waals surface area contributed by atoms with Gasteiger partial charge in [-0.3, -0.25) is 4.79 Å². The van der Waals surface area contributed by atoms with Gasteiger partial charge in [0.05, 0.1) is 0 Å². The van der Waals surface area contributed by atoms with Crippen LogP contribution in [0.15, 0.2) is 28.7 Å². The molecule has 1 aliphatic rings. The lowest BCUT2D eigenvalue weighted by Gasteiger charge is -2.14. The van der Waals surface area contributed by atoms with Crippen molar-refractivity contribution in [2.75, 3.05) is 19.7 Å². The molecule has 0 bridgehead atoms. The van der Waals surface area contributed by atoms with Crippen LogP contribution in [0.2, 0.25) is 0 Å². The Labute approximate surface area is 122 Å². The largest absolute Gasteiger partial charge is 0.450 e. The maximum absolute atomic E-state index is 12.1. The van der Waals surface area contributed by atoms with Crippen molar-refractivity contribution in [2.24, 2.45) is 0 Å². The normalized spacial score (nSPS) is 14.6. The first-order chi connectivity index (χ1) is 10.2. The highest BCUT2D eigenvalue weighted by Gasteiger charge is 2.22. The second kappa shape index (κ2) is 5.60. The van der Waals surface area contributed by atoms with Crippen LogP contribution in [0.5, 0.6) is 0 Å². The Morgan fingerprint density at radius 3 is 2.67 bits per heavy atom. The van der Waals surface area contributed by atoms with Crippen molar-refractivity contribution in [3.05, 3.63) is 35.6 Å². The van der Waals surface area contributed by atoms with E-state index in [0.717, 1.165) is 36.9 Å². The average molecular weight is 287 g/mol. The molecule has 0 atom stereocenters. The summed E-state index contributed by atoms with van der Waals surface area (Å²) in [6.45, 7) is 3.08. The molecular formula is C16H17NO4. The van der Waals surface area contributed by atoms with Gasteiger partial charge in [0.1, 0.15) is 5.58 Å². The fourth-order valence-corrected chi connectivity index (χ4v) is 2.62. The van der Waals surface area contributed by atoms with Crippen LogP contribution in [0.1, 0.15) is 29.0 Å². The number of amides is 1. The molecule has 110 valence electrons. The zero-order valence-electron chi connectivity index (χ0n) is 11.9. The van der Waals surface area contributed by atoms with Gasteiger partial charge in [-0.05, 0) is 25.8 Å². The summed E-state index contributed by atoms with van der Waals surface area (Å²) < 4.78 is 10.6. The standard InChI is InChI=1S/C16H17NO4/c1-11-12-6-2-3-7-13(12)21-15(11)16(19)20-10-14(18)17-8-4-5-9-17/h2-3,6-7H,4-5,8-10H2,1H3. The Morgan fingerprint density at radius 1 is 1.24 bits per heavy atom. The molecule has 2 heterocycles. The zero-order valence-corrected chi connectivity index (χ0v) is 11.9. The minimum absolute atomic E-state index is 0.144. The van der Waals surface area contributed by atoms with E-state index in [9.17, 15) is 9.59 Å². The minimum Gasteiger partial charge on any atom is -0.450 e. The summed E-state index contributed by atoms with van der Waals surface area (Å²) in [5.74, 6) is -0.559. The molecule has 0 N–H and O–H groups in total. The number of para-hydroxylation sites is 1. The van der Waals surface area contributed by atoms with Crippen LogP contribution >= 0.6 is 0 Å². The molecule has 1 aliphatic heterocycles. The summed E-state index contributed by atoms with van der Waals surface area (Å²) in [6, 6.07) is 7.42. The van der Waals surface area contributed by atoms with Crippen molar-refractivity contribution in [3.8, 4) is 0 Å². The van der Waals surface area contributed by atoms with Crippen molar-refractivity contribution < 1.29 is 18.7 Å². The molecule has 0 unspecified atom stereocenters. The van der Waals surface area contributed by atoms with Crippen LogP contribution in [-0.2, 0) is 9.53 Å². The van der Waals surface area contributed by atoms with Crippen LogP contribution in [0, 0.1) is 6.92 Å². The number of esters is 1. The first-order valence-electron chi connectivity index (χ1n) is 7.10. The molecule has 5 heteroatoms. The van der Waals surface area contributed by atoms with Gasteiger partial charge in [-0.15, -0.1) is 0 Å². The molecule has 5 nitrogen and oxygen atoms in total. The van der Waals surface area contributed by atoms with Gasteiger partial charge < -0.3 is 14.1 Å². The third-order valence-corrected chi connectivity index (χ3v) is 3.81. The summed E-state index contributed by atoms with van der Waals surface area (Å²) in [7, 11) is 0. The molecule has 0 radical (unpaired) electrons. The van der Waals surface area contributed by atoms with Gasteiger partial charge in [-0.1, -0.05) is 18.2 Å². The lowest BCUT2D eigenvalue weighted by Crippen LogP contribution is -2.32. The van der Waals surface area contributed by atoms with Gasteiger partial charge >= 0.3 is 5.97 Å². The van der Waals surface area contributed by atoms with E-state index in [1.807, 2.05) is 25.1 Å². The summed E-state index contributed by atoms with van der Waals surface area (Å²) in [6.07, 6.45) is 2.03. The van der Waals surface area contributed by atoms with Crippen LogP contribution in [0.4, 0.5) is 0 Å². The number of nitrogens with zero attached hydrogens (tertiary/aromatic N) is 1. The molecule has 1 fully saturated rings. The van der Waals surface area contributed by atoms with Gasteiger partial charge in [0.2, 0.25) is 5.76 Å². The van der Waals surface area contributed by atoms with Gasteiger partial charge in [0.25, 0.3) is 5.91 Å². The van der Waals surface area contributed by atoms with E-state index in [2.05, 4.69) is 0 Å². The van der Waals surface area contributed by atoms with E-state index in [1.165, 1.54) is 0 Å². The maximum atomic E-state index is 12.1. The number of hydrogen-bond acceptors (Lipinski definition) is 4. The minimum atomic E-state index is -0.587. The number of rotatable bonds is 3. The highest BCUT2D eigenvalue weighted by Crippen LogP contribution is 2.25. The van der Waals surface area contributed by atoms with Crippen molar-refractivity contribution in [1.82, 2.24) is 4.90 Å². The summed E-state index contributed by atoms with van der Waals surface area (Å²) in [5.41, 5.74) is 1.39. The molecule has 3 rings (SSSR count). The number of carbonyl (C=O) groups is 2. The molecule has 0 saturated carbocycles. The third kappa shape index (κ3) is 2.63. The van der Waals surface area contributed by atoms with Crippen LogP contribution < -0.4 is 0 Å². The van der Waals surface area contributed by atoms with Gasteiger partial charge in [0.15, 0.2) is 6.61 Å². The quantitative estimate of drug-likeness (QED) is 0.814. The number of likely N-dealkylation sites (tertiary alicyclic amines) is 1. The number of ether oxygens (including phenoxy) is 1. The molecule has 1 aromatic carbocycles. The van der Waals surface area contributed by atoms with Gasteiger partial charge in [-0.25, -0.2) is 4.79 Å². The molecule has 0 aliphatic carbocycles. The molecule has 1 aromatic heterocycles. The predicted octanol–water partition coefficient (Wildman–Crippen LogP) is 2.52. The smallest absolute Gasteiger partial charge is 0.375 e. The Morgan fingerprint density at radius 2 is 1.95 bits per heavy atom. The SMILES string of the molecule is Cc1c(C(=O)OCC(=O)N2CCCC2)oc2ccccc12. The molecule has 1 amide bonds. The highest BCUT2D eigenvalue weighted by molar-refractivity contribution is 5.96. The van der Waals surface area contributed by atoms with Crippen LogP contribution in [0.25, 0.3) is 11.0 Å². The number of aryl methyl sites for hydroxylation is 1. The number of benzene rings is 1. The fourth-order valence-electron chi connectivity index (χ4n) is 2.62. The second-order valence-electron chi connectivity index (χ2n) is 5.22. The monoisotopic (exact) mass is 287 g/mol. The van der Waals surface area contributed by atoms with E-state index >= 15 is 0 Å². The Bertz CT molecular complexity index is 683. The molecular weight excluding hydrogens is 270 g/mol. The number of hydrogen-bond donors (Lipinski definition) is 0. The van der Waals surface area contributed by atoms with Crippen molar-refractivity contribution in [3.63, 3.8) is 0 Å². The van der Waals surface area contributed by atoms with E-state index in [4.69, 9.17) is 9.15 Å². The molecule has 0 spiro atoms.